The third-order valence-electron chi connectivity index (χ3n) is 7.36. The number of amides is 1. The quantitative estimate of drug-likeness (QED) is 0.221. The molecule has 0 saturated heterocycles. The zero-order valence-electron chi connectivity index (χ0n) is 27.1. The van der Waals surface area contributed by atoms with Crippen LogP contribution in [0.25, 0.3) is 11.4 Å². The molecule has 48 heavy (non-hydrogen) atoms. The van der Waals surface area contributed by atoms with Gasteiger partial charge in [0.15, 0.2) is 5.82 Å². The van der Waals surface area contributed by atoms with Crippen LogP contribution in [0.2, 0.25) is 0 Å². The number of hydrogen-bond acceptors (Lipinski definition) is 9. The van der Waals surface area contributed by atoms with E-state index >= 15 is 0 Å². The molecule has 1 aliphatic heterocycles. The summed E-state index contributed by atoms with van der Waals surface area (Å²) in [5.74, 6) is -0.226. The monoisotopic (exact) mass is 689 g/mol. The van der Waals surface area contributed by atoms with E-state index in [-0.39, 0.29) is 58.2 Å². The van der Waals surface area contributed by atoms with E-state index in [0.29, 0.717) is 35.7 Å². The number of fused-ring (bicyclic) bond motifs is 1. The first-order chi connectivity index (χ1) is 22.0. The van der Waals surface area contributed by atoms with Gasteiger partial charge in [0.1, 0.15) is 15.8 Å². The largest absolute Gasteiger partial charge is 1.00 e. The fourth-order valence-corrected chi connectivity index (χ4v) is 5.47. The Morgan fingerprint density at radius 3 is 2.25 bits per heavy atom. The van der Waals surface area contributed by atoms with Crippen LogP contribution in [0.4, 0.5) is 30.2 Å². The first kappa shape index (κ1) is 36.9. The van der Waals surface area contributed by atoms with E-state index in [0.717, 1.165) is 18.2 Å². The number of carbonyl (C=O) groups is 1. The van der Waals surface area contributed by atoms with E-state index < -0.39 is 38.1 Å². The van der Waals surface area contributed by atoms with Crippen molar-refractivity contribution in [2.24, 2.45) is 15.5 Å². The van der Waals surface area contributed by atoms with Crippen molar-refractivity contribution in [1.82, 2.24) is 14.9 Å². The second-order valence-corrected chi connectivity index (χ2v) is 13.1. The molecule has 0 spiro atoms. The smallest absolute Gasteiger partial charge is 0.744 e. The number of aliphatic imine (C=N–C) groups is 1. The molecule has 1 aromatic heterocycles. The summed E-state index contributed by atoms with van der Waals surface area (Å²) < 4.78 is 76.8. The molecule has 16 heteroatoms. The number of hydrogen-bond donors (Lipinski definition) is 1. The Kier molecular flexibility index (Phi) is 10.7. The summed E-state index contributed by atoms with van der Waals surface area (Å²) in [6.07, 6.45) is -4.66. The molecule has 5 rings (SSSR count). The van der Waals surface area contributed by atoms with Crippen LogP contribution in [0.5, 0.6) is 0 Å². The minimum Gasteiger partial charge on any atom is -0.744 e. The Morgan fingerprint density at radius 1 is 1.00 bits per heavy atom. The van der Waals surface area contributed by atoms with Gasteiger partial charge in [-0.3, -0.25) is 4.79 Å². The van der Waals surface area contributed by atoms with E-state index in [1.807, 2.05) is 39.5 Å². The van der Waals surface area contributed by atoms with Crippen molar-refractivity contribution in [1.29, 1.82) is 0 Å². The molecule has 3 aromatic carbocycles. The zero-order valence-corrected chi connectivity index (χ0v) is 29.9. The second kappa shape index (κ2) is 13.9. The van der Waals surface area contributed by atoms with Gasteiger partial charge in [-0.1, -0.05) is 26.8 Å². The number of anilines is 2. The number of rotatable bonds is 8. The zero-order chi connectivity index (χ0) is 34.3. The van der Waals surface area contributed by atoms with Crippen molar-refractivity contribution in [2.75, 3.05) is 23.3 Å². The molecule has 0 unspecified atom stereocenters. The summed E-state index contributed by atoms with van der Waals surface area (Å²) in [6.45, 7) is 10.4. The van der Waals surface area contributed by atoms with Crippen LogP contribution in [-0.2, 0) is 16.3 Å². The molecule has 1 amide bonds. The van der Waals surface area contributed by atoms with Gasteiger partial charge in [0.05, 0.1) is 21.9 Å². The molecular weight excluding hydrogens is 658 g/mol. The van der Waals surface area contributed by atoms with Crippen molar-refractivity contribution < 1.29 is 60.5 Å². The first-order valence-corrected chi connectivity index (χ1v) is 16.0. The Labute approximate surface area is 298 Å². The van der Waals surface area contributed by atoms with Gasteiger partial charge < -0.3 is 14.8 Å². The van der Waals surface area contributed by atoms with Crippen molar-refractivity contribution in [2.45, 2.75) is 45.7 Å². The van der Waals surface area contributed by atoms with Crippen LogP contribution in [0.3, 0.4) is 0 Å². The molecule has 0 fully saturated rings. The van der Waals surface area contributed by atoms with E-state index in [2.05, 4.69) is 25.5 Å². The Morgan fingerprint density at radius 2 is 1.67 bits per heavy atom. The van der Waals surface area contributed by atoms with Crippen molar-refractivity contribution in [3.63, 3.8) is 0 Å². The van der Waals surface area contributed by atoms with Crippen LogP contribution in [-0.4, -0.2) is 58.3 Å². The van der Waals surface area contributed by atoms with Gasteiger partial charge in [0, 0.05) is 41.0 Å². The summed E-state index contributed by atoms with van der Waals surface area (Å²) in [7, 11) is -4.73. The van der Waals surface area contributed by atoms with E-state index in [9.17, 15) is 30.9 Å². The van der Waals surface area contributed by atoms with Gasteiger partial charge in [-0.25, -0.2) is 18.4 Å². The third-order valence-corrected chi connectivity index (χ3v) is 8.20. The van der Waals surface area contributed by atoms with Crippen molar-refractivity contribution in [3.05, 3.63) is 83.7 Å². The fourth-order valence-electron chi connectivity index (χ4n) is 4.95. The normalized spacial score (nSPS) is 13.9. The summed E-state index contributed by atoms with van der Waals surface area (Å²) in [5.41, 5.74) is 0.162. The summed E-state index contributed by atoms with van der Waals surface area (Å²) in [6, 6.07) is 15.2. The topological polar surface area (TPSA) is 145 Å². The molecule has 1 aliphatic rings. The molecule has 246 valence electrons. The average Bonchev–Trinajstić information content (AvgIpc) is 3.57. The summed E-state index contributed by atoms with van der Waals surface area (Å²) in [5, 5.41) is 11.6. The van der Waals surface area contributed by atoms with Gasteiger partial charge >= 0.3 is 35.7 Å². The minimum absolute atomic E-state index is 0. The number of alkyl halides is 3. The van der Waals surface area contributed by atoms with Crippen LogP contribution in [0.1, 0.15) is 56.4 Å². The third kappa shape index (κ3) is 7.87. The molecule has 0 aliphatic carbocycles. The van der Waals surface area contributed by atoms with Crippen molar-refractivity contribution >= 4 is 44.5 Å². The molecule has 0 saturated carbocycles. The molecule has 4 aromatic rings. The number of carbonyl (C=O) groups excluding carboxylic acids is 1. The second-order valence-electron chi connectivity index (χ2n) is 11.7. The Bertz CT molecular complexity index is 2020. The molecule has 0 atom stereocenters. The van der Waals surface area contributed by atoms with E-state index in [1.165, 1.54) is 23.0 Å². The number of aromatic nitrogens is 3. The molecule has 0 bridgehead atoms. The molecule has 11 nitrogen and oxygen atoms in total. The number of benzene rings is 3. The molecule has 0 radical (unpaired) electrons. The molecule has 2 heterocycles. The van der Waals surface area contributed by atoms with Crippen LogP contribution < -0.4 is 39.8 Å². The SMILES string of the molecule is CCN(CC)c1ccc(N=C2C(C(C)(C)C)=Nn3nc(-c4ccc(NC(=O)c5cccc(S(=O)(=O)[O-])c5)cc4)nc32)c(C(F)(F)F)c1.[Na+]. The van der Waals surface area contributed by atoms with E-state index in [1.54, 1.807) is 30.3 Å². The average molecular weight is 690 g/mol. The maximum absolute atomic E-state index is 14.3. The van der Waals surface area contributed by atoms with Crippen LogP contribution in [0, 0.1) is 5.41 Å². The van der Waals surface area contributed by atoms with Gasteiger partial charge in [0.2, 0.25) is 5.82 Å². The maximum atomic E-state index is 14.3. The predicted octanol–water partition coefficient (Wildman–Crippen LogP) is 3.36. The van der Waals surface area contributed by atoms with E-state index in [4.69, 9.17) is 0 Å². The van der Waals surface area contributed by atoms with Gasteiger partial charge in [-0.05, 0) is 74.5 Å². The van der Waals surface area contributed by atoms with Crippen LogP contribution >= 0.6 is 0 Å². The summed E-state index contributed by atoms with van der Waals surface area (Å²) in [4.78, 5) is 24.3. The number of halogens is 3. The fraction of sp³-hybridized carbons (Fsp3) is 0.281. The molecular formula is C32H31F3N7NaO4S. The van der Waals surface area contributed by atoms with Gasteiger partial charge in [-0.2, -0.15) is 18.3 Å². The van der Waals surface area contributed by atoms with Crippen molar-refractivity contribution in [3.8, 4) is 11.4 Å². The van der Waals surface area contributed by atoms with Gasteiger partial charge in [0.25, 0.3) is 5.91 Å². The molecule has 1 N–H and O–H groups in total. The first-order valence-electron chi connectivity index (χ1n) is 14.6. The number of nitrogens with one attached hydrogen (secondary N) is 1. The predicted molar refractivity (Wildman–Crippen MR) is 171 cm³/mol. The minimum atomic E-state index is -4.73. The van der Waals surface area contributed by atoms with Gasteiger partial charge in [-0.15, -0.1) is 9.89 Å². The standard InChI is InChI=1S/C32H32F3N7O4S.Na/c1-6-41(7-2)22-15-16-25(24(18-22)32(33,34)35)37-26-27(31(3,4)5)39-42-29(26)38-28(40-42)19-11-13-21(14-12-19)36-30(43)20-9-8-10-23(17-20)47(44,45)46;/h8-18H,6-7H2,1-5H3,(H,36,43)(H,44,45,46);/q;+1/p-1. The maximum Gasteiger partial charge on any atom is 1.00 e. The summed E-state index contributed by atoms with van der Waals surface area (Å²) >= 11 is 0. The van der Waals surface area contributed by atoms with Crippen LogP contribution in [0.15, 0.2) is 81.7 Å². The Hall–Kier alpha value is -3.89. The Balaban J connectivity index is 0.00000520. The number of nitrogens with zero attached hydrogens (tertiary/aromatic N) is 6.